The van der Waals surface area contributed by atoms with Crippen LogP contribution in [0.5, 0.6) is 0 Å². The molecule has 0 saturated carbocycles. The van der Waals surface area contributed by atoms with E-state index in [1.54, 1.807) is 18.2 Å². The molecule has 7 heteroatoms. The van der Waals surface area contributed by atoms with Crippen molar-refractivity contribution in [3.63, 3.8) is 0 Å². The maximum Gasteiger partial charge on any atom is 0.319 e. The highest BCUT2D eigenvalue weighted by Gasteiger charge is 2.07. The first-order valence-corrected chi connectivity index (χ1v) is 5.70. The van der Waals surface area contributed by atoms with Gasteiger partial charge in [-0.25, -0.2) is 4.79 Å². The second-order valence-corrected chi connectivity index (χ2v) is 4.02. The Bertz CT molecular complexity index is 448. The lowest BCUT2D eigenvalue weighted by Crippen LogP contribution is -2.28. The Balaban J connectivity index is 2.87. The van der Waals surface area contributed by atoms with Crippen LogP contribution in [0.4, 0.5) is 10.5 Å². The number of anilines is 1. The van der Waals surface area contributed by atoms with Crippen molar-refractivity contribution in [2.24, 2.45) is 10.9 Å². The van der Waals surface area contributed by atoms with Gasteiger partial charge in [0.25, 0.3) is 0 Å². The lowest BCUT2D eigenvalue weighted by Gasteiger charge is -2.09. The average molecular weight is 301 g/mol. The number of amides is 2. The van der Waals surface area contributed by atoms with Gasteiger partial charge in [-0.1, -0.05) is 5.16 Å². The zero-order valence-electron chi connectivity index (χ0n) is 9.20. The van der Waals surface area contributed by atoms with E-state index in [0.29, 0.717) is 22.3 Å². The van der Waals surface area contributed by atoms with Crippen LogP contribution in [0.15, 0.2) is 27.8 Å². The topological polar surface area (TPSA) is 99.7 Å². The Hall–Kier alpha value is -1.76. The number of nitrogens with two attached hydrogens (primary N) is 1. The number of carbonyl (C=O) groups excluding carboxylic acids is 1. The highest BCUT2D eigenvalue weighted by atomic mass is 79.9. The van der Waals surface area contributed by atoms with Gasteiger partial charge in [-0.3, -0.25) is 0 Å². The van der Waals surface area contributed by atoms with E-state index in [2.05, 4.69) is 31.7 Å². The van der Waals surface area contributed by atoms with E-state index in [9.17, 15) is 4.79 Å². The minimum absolute atomic E-state index is 0.00950. The number of oxime groups is 1. The number of hydrogen-bond acceptors (Lipinski definition) is 3. The summed E-state index contributed by atoms with van der Waals surface area (Å²) in [6.45, 7) is 2.38. The van der Waals surface area contributed by atoms with Crippen LogP contribution in [0.2, 0.25) is 0 Å². The van der Waals surface area contributed by atoms with Gasteiger partial charge in [0.15, 0.2) is 5.84 Å². The highest BCUT2D eigenvalue weighted by Crippen LogP contribution is 2.23. The third-order valence-electron chi connectivity index (χ3n) is 1.96. The van der Waals surface area contributed by atoms with E-state index < -0.39 is 0 Å². The molecule has 1 aromatic rings. The van der Waals surface area contributed by atoms with Crippen LogP contribution in [0, 0.1) is 0 Å². The summed E-state index contributed by atoms with van der Waals surface area (Å²) in [7, 11) is 0. The Morgan fingerprint density at radius 2 is 2.29 bits per heavy atom. The summed E-state index contributed by atoms with van der Waals surface area (Å²) in [5.74, 6) is 0.00950. The smallest absolute Gasteiger partial charge is 0.319 e. The molecular weight excluding hydrogens is 288 g/mol. The molecule has 0 radical (unpaired) electrons. The van der Waals surface area contributed by atoms with Gasteiger partial charge >= 0.3 is 6.03 Å². The number of nitrogens with zero attached hydrogens (tertiary/aromatic N) is 1. The van der Waals surface area contributed by atoms with Crippen molar-refractivity contribution in [3.8, 4) is 0 Å². The van der Waals surface area contributed by atoms with Gasteiger partial charge < -0.3 is 21.6 Å². The third-order valence-corrected chi connectivity index (χ3v) is 2.61. The molecule has 0 aromatic heterocycles. The SMILES string of the molecule is CCNC(=O)Nc1ccc(/C(N)=N/O)cc1Br. The molecule has 5 N–H and O–H groups in total. The predicted octanol–water partition coefficient (Wildman–Crippen LogP) is 1.68. The lowest BCUT2D eigenvalue weighted by atomic mass is 10.2. The van der Waals surface area contributed by atoms with E-state index in [1.165, 1.54) is 0 Å². The largest absolute Gasteiger partial charge is 0.409 e. The van der Waals surface area contributed by atoms with Gasteiger partial charge in [-0.2, -0.15) is 0 Å². The van der Waals surface area contributed by atoms with Crippen LogP contribution < -0.4 is 16.4 Å². The maximum absolute atomic E-state index is 11.3. The lowest BCUT2D eigenvalue weighted by molar-refractivity contribution is 0.252. The van der Waals surface area contributed by atoms with Crippen molar-refractivity contribution in [3.05, 3.63) is 28.2 Å². The Labute approximate surface area is 107 Å². The Morgan fingerprint density at radius 3 is 2.82 bits per heavy atom. The number of halogens is 1. The van der Waals surface area contributed by atoms with Crippen molar-refractivity contribution in [2.75, 3.05) is 11.9 Å². The minimum Gasteiger partial charge on any atom is -0.409 e. The molecule has 1 rings (SSSR count). The zero-order valence-corrected chi connectivity index (χ0v) is 10.8. The van der Waals surface area contributed by atoms with Crippen LogP contribution >= 0.6 is 15.9 Å². The van der Waals surface area contributed by atoms with Gasteiger partial charge in [0.2, 0.25) is 0 Å². The van der Waals surface area contributed by atoms with Crippen LogP contribution in [-0.4, -0.2) is 23.6 Å². The third kappa shape index (κ3) is 3.63. The Kier molecular flexibility index (Phi) is 4.77. The van der Waals surface area contributed by atoms with Crippen LogP contribution in [0.25, 0.3) is 0 Å². The van der Waals surface area contributed by atoms with Crippen molar-refractivity contribution in [2.45, 2.75) is 6.92 Å². The number of urea groups is 1. The molecule has 0 heterocycles. The standard InChI is InChI=1S/C10H13BrN4O2/c1-2-13-10(16)14-8-4-3-6(5-7(8)11)9(12)15-17/h3-5,17H,2H2,1H3,(H2,12,15)(H2,13,14,16). The van der Waals surface area contributed by atoms with Gasteiger partial charge in [0.05, 0.1) is 5.69 Å². The molecule has 0 spiro atoms. The summed E-state index contributed by atoms with van der Waals surface area (Å²) in [6, 6.07) is 4.66. The number of benzene rings is 1. The first kappa shape index (κ1) is 13.3. The van der Waals surface area contributed by atoms with E-state index in [0.717, 1.165) is 0 Å². The van der Waals surface area contributed by atoms with E-state index in [-0.39, 0.29) is 11.9 Å². The first-order valence-electron chi connectivity index (χ1n) is 4.90. The van der Waals surface area contributed by atoms with Crippen molar-refractivity contribution in [1.82, 2.24) is 5.32 Å². The molecular formula is C10H13BrN4O2. The molecule has 0 saturated heterocycles. The maximum atomic E-state index is 11.3. The summed E-state index contributed by atoms with van der Waals surface area (Å²) < 4.78 is 0.646. The molecule has 0 aliphatic rings. The van der Waals surface area contributed by atoms with Gasteiger partial charge in [-0.05, 0) is 41.1 Å². The number of rotatable bonds is 3. The molecule has 92 valence electrons. The Morgan fingerprint density at radius 1 is 1.59 bits per heavy atom. The van der Waals surface area contributed by atoms with Crippen molar-refractivity contribution < 1.29 is 10.0 Å². The fraction of sp³-hybridized carbons (Fsp3) is 0.200. The first-order chi connectivity index (χ1) is 8.08. The summed E-state index contributed by atoms with van der Waals surface area (Å²) in [5.41, 5.74) is 6.60. The molecule has 0 fully saturated rings. The highest BCUT2D eigenvalue weighted by molar-refractivity contribution is 9.10. The molecule has 0 unspecified atom stereocenters. The van der Waals surface area contributed by atoms with E-state index in [1.807, 2.05) is 6.92 Å². The van der Waals surface area contributed by atoms with Crippen molar-refractivity contribution in [1.29, 1.82) is 0 Å². The minimum atomic E-state index is -0.287. The molecule has 2 amide bonds. The summed E-state index contributed by atoms with van der Waals surface area (Å²) in [6.07, 6.45) is 0. The van der Waals surface area contributed by atoms with E-state index in [4.69, 9.17) is 10.9 Å². The fourth-order valence-electron chi connectivity index (χ4n) is 1.16. The molecule has 6 nitrogen and oxygen atoms in total. The normalized spacial score (nSPS) is 11.1. The van der Waals surface area contributed by atoms with Crippen molar-refractivity contribution >= 4 is 33.5 Å². The molecule has 0 atom stereocenters. The summed E-state index contributed by atoms with van der Waals surface area (Å²) in [4.78, 5) is 11.3. The van der Waals surface area contributed by atoms with Gasteiger partial charge in [0.1, 0.15) is 0 Å². The molecule has 0 bridgehead atoms. The van der Waals surface area contributed by atoms with Crippen LogP contribution in [0.1, 0.15) is 12.5 Å². The summed E-state index contributed by atoms with van der Waals surface area (Å²) in [5, 5.41) is 16.7. The molecule has 17 heavy (non-hydrogen) atoms. The number of hydrogen-bond donors (Lipinski definition) is 4. The molecule has 0 aliphatic heterocycles. The average Bonchev–Trinajstić information content (AvgIpc) is 2.31. The quantitative estimate of drug-likeness (QED) is 0.296. The van der Waals surface area contributed by atoms with Crippen LogP contribution in [-0.2, 0) is 0 Å². The van der Waals surface area contributed by atoms with Gasteiger partial charge in [-0.15, -0.1) is 0 Å². The molecule has 0 aliphatic carbocycles. The predicted molar refractivity (Wildman–Crippen MR) is 69.3 cm³/mol. The second-order valence-electron chi connectivity index (χ2n) is 3.16. The summed E-state index contributed by atoms with van der Waals surface area (Å²) >= 11 is 3.29. The molecule has 1 aromatic carbocycles. The monoisotopic (exact) mass is 300 g/mol. The number of nitrogens with one attached hydrogen (secondary N) is 2. The van der Waals surface area contributed by atoms with Crippen LogP contribution in [0.3, 0.4) is 0 Å². The second kappa shape index (κ2) is 6.09. The fourth-order valence-corrected chi connectivity index (χ4v) is 1.64. The van der Waals surface area contributed by atoms with Gasteiger partial charge in [0, 0.05) is 16.6 Å². The van der Waals surface area contributed by atoms with E-state index >= 15 is 0 Å². The number of amidine groups is 1. The zero-order chi connectivity index (χ0) is 12.8. The number of carbonyl (C=O) groups is 1.